The van der Waals surface area contributed by atoms with Crippen LogP contribution >= 0.6 is 0 Å². The van der Waals surface area contributed by atoms with Crippen molar-refractivity contribution in [2.45, 2.75) is 66.1 Å². The molecule has 2 aliphatic rings. The molecule has 1 aromatic carbocycles. The number of fused-ring (bicyclic) bond motifs is 1. The highest BCUT2D eigenvalue weighted by molar-refractivity contribution is 5.75. The minimum absolute atomic E-state index is 0.0143. The van der Waals surface area contributed by atoms with Gasteiger partial charge < -0.3 is 30.5 Å². The first-order valence-corrected chi connectivity index (χ1v) is 11.0. The number of rotatable bonds is 9. The summed E-state index contributed by atoms with van der Waals surface area (Å²) in [6.45, 7) is 12.8. The molecular weight excluding hydrogens is 408 g/mol. The molecule has 174 valence electrons. The molecule has 0 saturated heterocycles. The lowest BCUT2D eigenvalue weighted by Crippen LogP contribution is -2.32. The van der Waals surface area contributed by atoms with Gasteiger partial charge in [-0.3, -0.25) is 0 Å². The number of anilines is 2. The van der Waals surface area contributed by atoms with Crippen molar-refractivity contribution in [1.82, 2.24) is 19.7 Å². The Morgan fingerprint density at radius 1 is 1.00 bits per heavy atom. The van der Waals surface area contributed by atoms with Crippen LogP contribution in [0.4, 0.5) is 11.8 Å². The molecule has 2 aliphatic heterocycles. The van der Waals surface area contributed by atoms with E-state index in [2.05, 4.69) is 53.1 Å². The van der Waals surface area contributed by atoms with Crippen LogP contribution in [0.1, 0.15) is 64.8 Å². The maximum Gasteiger partial charge on any atom is 0.205 e. The molecule has 0 amide bonds. The second-order valence-electron chi connectivity index (χ2n) is 9.04. The van der Waals surface area contributed by atoms with Crippen molar-refractivity contribution in [2.24, 2.45) is 5.92 Å². The maximum atomic E-state index is 9.89. The van der Waals surface area contributed by atoms with Crippen molar-refractivity contribution in [1.29, 1.82) is 0 Å². The summed E-state index contributed by atoms with van der Waals surface area (Å²) in [5.74, 6) is 1.23. The molecule has 1 unspecified atom stereocenters. The van der Waals surface area contributed by atoms with E-state index in [0.717, 1.165) is 17.0 Å². The molecule has 0 saturated carbocycles. The SMILES string of the molecule is CC(C)c1nnc2c(NCc3ccc(O)c(O)c3)nc(NC(CO)C(C)C)n(C(C)C)c1-2. The molecule has 9 nitrogen and oxygen atoms in total. The average molecular weight is 443 g/mol. The molecule has 32 heavy (non-hydrogen) atoms. The zero-order valence-corrected chi connectivity index (χ0v) is 19.6. The summed E-state index contributed by atoms with van der Waals surface area (Å²) < 4.78 is 2.09. The Balaban J connectivity index is 2.09. The topological polar surface area (TPSA) is 128 Å². The first-order chi connectivity index (χ1) is 15.1. The molecule has 0 aliphatic carbocycles. The standard InChI is InChI=1S/C23H34N6O3/c1-12(2)16(11-30)25-23-26-22(24-10-15-7-8-17(31)18(32)9-15)20-21(29(23)14(5)6)19(13(3)4)27-28-20/h7-9,12-14,16,24,30-32H,10-11H2,1-6H3,(H,25,26). The summed E-state index contributed by atoms with van der Waals surface area (Å²) in [6.07, 6.45) is 0. The van der Waals surface area contributed by atoms with Gasteiger partial charge in [-0.1, -0.05) is 33.8 Å². The van der Waals surface area contributed by atoms with E-state index in [1.165, 1.54) is 12.1 Å². The first-order valence-electron chi connectivity index (χ1n) is 11.0. The number of aliphatic hydroxyl groups excluding tert-OH is 1. The number of nitrogens with one attached hydrogen (secondary N) is 2. The quantitative estimate of drug-likeness (QED) is 0.315. The number of aliphatic hydroxyl groups is 1. The molecule has 0 bridgehead atoms. The van der Waals surface area contributed by atoms with Gasteiger partial charge in [-0.15, -0.1) is 5.10 Å². The van der Waals surface area contributed by atoms with Gasteiger partial charge >= 0.3 is 0 Å². The lowest BCUT2D eigenvalue weighted by atomic mass is 10.0. The van der Waals surface area contributed by atoms with Crippen molar-refractivity contribution in [3.63, 3.8) is 0 Å². The Bertz CT molecular complexity index is 1030. The fourth-order valence-corrected chi connectivity index (χ4v) is 3.61. The van der Waals surface area contributed by atoms with E-state index in [-0.39, 0.29) is 42.0 Å². The van der Waals surface area contributed by atoms with Crippen LogP contribution in [0.5, 0.6) is 11.5 Å². The van der Waals surface area contributed by atoms with Gasteiger partial charge in [-0.2, -0.15) is 10.1 Å². The molecule has 0 fully saturated rings. The molecule has 0 radical (unpaired) electrons. The largest absolute Gasteiger partial charge is 0.504 e. The van der Waals surface area contributed by atoms with Crippen molar-refractivity contribution in [3.05, 3.63) is 29.5 Å². The summed E-state index contributed by atoms with van der Waals surface area (Å²) in [5.41, 5.74) is 3.24. The van der Waals surface area contributed by atoms with Crippen molar-refractivity contribution >= 4 is 11.8 Å². The van der Waals surface area contributed by atoms with Gasteiger partial charge in [0.2, 0.25) is 5.95 Å². The number of hydrogen-bond acceptors (Lipinski definition) is 8. The predicted octanol–water partition coefficient (Wildman–Crippen LogP) is 3.93. The van der Waals surface area contributed by atoms with E-state index in [1.807, 2.05) is 13.8 Å². The summed E-state index contributed by atoms with van der Waals surface area (Å²) in [5, 5.41) is 44.9. The van der Waals surface area contributed by atoms with Crippen LogP contribution < -0.4 is 10.6 Å². The number of hydrogen-bond donors (Lipinski definition) is 5. The van der Waals surface area contributed by atoms with Gasteiger partial charge in [-0.05, 0) is 43.4 Å². The number of benzene rings is 1. The Kier molecular flexibility index (Phi) is 7.08. The number of aromatic nitrogens is 4. The molecule has 0 aromatic heterocycles. The zero-order valence-electron chi connectivity index (χ0n) is 19.6. The van der Waals surface area contributed by atoms with Crippen LogP contribution in [0.3, 0.4) is 0 Å². The number of phenolic OH excluding ortho intramolecular Hbond substituents is 2. The monoisotopic (exact) mass is 442 g/mol. The second-order valence-corrected chi connectivity index (χ2v) is 9.04. The Hall–Kier alpha value is -3.07. The third kappa shape index (κ3) is 4.72. The zero-order chi connectivity index (χ0) is 23.6. The highest BCUT2D eigenvalue weighted by Crippen LogP contribution is 2.38. The molecule has 5 N–H and O–H groups in total. The third-order valence-corrected chi connectivity index (χ3v) is 5.51. The van der Waals surface area contributed by atoms with Crippen LogP contribution in [-0.2, 0) is 6.54 Å². The Morgan fingerprint density at radius 3 is 2.28 bits per heavy atom. The van der Waals surface area contributed by atoms with E-state index < -0.39 is 0 Å². The van der Waals surface area contributed by atoms with E-state index in [4.69, 9.17) is 4.98 Å². The van der Waals surface area contributed by atoms with Crippen LogP contribution in [0.15, 0.2) is 18.2 Å². The van der Waals surface area contributed by atoms with E-state index in [9.17, 15) is 15.3 Å². The molecule has 3 rings (SSSR count). The summed E-state index contributed by atoms with van der Waals surface area (Å²) in [6, 6.07) is 4.61. The predicted molar refractivity (Wildman–Crippen MR) is 125 cm³/mol. The van der Waals surface area contributed by atoms with Crippen LogP contribution in [0, 0.1) is 5.92 Å². The average Bonchev–Trinajstić information content (AvgIpc) is 3.17. The highest BCUT2D eigenvalue weighted by atomic mass is 16.3. The third-order valence-electron chi connectivity index (χ3n) is 5.51. The minimum atomic E-state index is -0.173. The van der Waals surface area contributed by atoms with Gasteiger partial charge in [0, 0.05) is 12.6 Å². The van der Waals surface area contributed by atoms with Crippen LogP contribution in [0.2, 0.25) is 0 Å². The molecule has 9 heteroatoms. The second kappa shape index (κ2) is 9.60. The first kappa shape index (κ1) is 23.6. The maximum absolute atomic E-state index is 9.89. The van der Waals surface area contributed by atoms with Gasteiger partial charge in [-0.25, -0.2) is 0 Å². The number of phenols is 2. The van der Waals surface area contributed by atoms with Crippen LogP contribution in [0.25, 0.3) is 11.4 Å². The van der Waals surface area contributed by atoms with Crippen molar-refractivity contribution in [3.8, 4) is 22.9 Å². The summed E-state index contributed by atoms with van der Waals surface area (Å²) in [4.78, 5) is 4.84. The van der Waals surface area contributed by atoms with Gasteiger partial charge in [0.15, 0.2) is 23.0 Å². The Morgan fingerprint density at radius 2 is 1.72 bits per heavy atom. The van der Waals surface area contributed by atoms with Gasteiger partial charge in [0.25, 0.3) is 0 Å². The fourth-order valence-electron chi connectivity index (χ4n) is 3.61. The van der Waals surface area contributed by atoms with E-state index in [0.29, 0.717) is 24.0 Å². The molecule has 2 heterocycles. The molecule has 1 atom stereocenters. The smallest absolute Gasteiger partial charge is 0.205 e. The van der Waals surface area contributed by atoms with E-state index >= 15 is 0 Å². The lowest BCUT2D eigenvalue weighted by Gasteiger charge is -2.28. The van der Waals surface area contributed by atoms with Crippen molar-refractivity contribution in [2.75, 3.05) is 17.2 Å². The van der Waals surface area contributed by atoms with E-state index in [1.54, 1.807) is 6.07 Å². The number of nitrogens with zero attached hydrogens (tertiary/aromatic N) is 4. The number of aromatic hydroxyl groups is 2. The summed E-state index contributed by atoms with van der Waals surface area (Å²) >= 11 is 0. The van der Waals surface area contributed by atoms with Crippen molar-refractivity contribution < 1.29 is 15.3 Å². The fraction of sp³-hybridized carbons (Fsp3) is 0.522. The van der Waals surface area contributed by atoms with Gasteiger partial charge in [0.1, 0.15) is 0 Å². The molecule has 1 aromatic rings. The Labute approximate surface area is 188 Å². The lowest BCUT2D eigenvalue weighted by molar-refractivity contribution is 0.248. The van der Waals surface area contributed by atoms with Gasteiger partial charge in [0.05, 0.1) is 24.0 Å². The molecular formula is C23H34N6O3. The normalized spacial score (nSPS) is 12.8. The van der Waals surface area contributed by atoms with Crippen LogP contribution in [-0.4, -0.2) is 47.7 Å². The summed E-state index contributed by atoms with van der Waals surface area (Å²) in [7, 11) is 0. The minimum Gasteiger partial charge on any atom is -0.504 e. The molecule has 0 spiro atoms. The highest BCUT2D eigenvalue weighted by Gasteiger charge is 2.29.